The minimum absolute atomic E-state index is 0. The topological polar surface area (TPSA) is 9.23 Å². The van der Waals surface area contributed by atoms with Crippen molar-refractivity contribution in [3.63, 3.8) is 0 Å². The number of ether oxygens (including phenoxy) is 1. The van der Waals surface area contributed by atoms with Crippen LogP contribution in [-0.2, 0) is 5.41 Å². The van der Waals surface area contributed by atoms with Crippen molar-refractivity contribution in [3.05, 3.63) is 66.2 Å². The maximum Gasteiger partial charge on any atom is 0.119 e. The van der Waals surface area contributed by atoms with Gasteiger partial charge in [0, 0.05) is 0 Å². The van der Waals surface area contributed by atoms with E-state index in [0.717, 1.165) is 18.3 Å². The van der Waals surface area contributed by atoms with E-state index in [-0.39, 0.29) is 17.8 Å². The summed E-state index contributed by atoms with van der Waals surface area (Å²) < 4.78 is 5.96. The molecule has 1 aliphatic carbocycles. The minimum Gasteiger partial charge on any atom is -0.493 e. The monoisotopic (exact) mass is 330 g/mol. The average Bonchev–Trinajstić information content (AvgIpc) is 3.04. The molecule has 23 heavy (non-hydrogen) atoms. The molecule has 3 rings (SSSR count). The molecule has 1 fully saturated rings. The quantitative estimate of drug-likeness (QED) is 0.665. The fourth-order valence-electron chi connectivity index (χ4n) is 3.72. The third-order valence-corrected chi connectivity index (χ3v) is 5.31. The zero-order valence-corrected chi connectivity index (χ0v) is 14.9. The molecule has 0 aromatic heterocycles. The van der Waals surface area contributed by atoms with Crippen molar-refractivity contribution in [2.45, 2.75) is 38.5 Å². The van der Waals surface area contributed by atoms with Crippen LogP contribution in [0.5, 0.6) is 5.75 Å². The second-order valence-corrected chi connectivity index (χ2v) is 7.09. The van der Waals surface area contributed by atoms with Crippen LogP contribution in [0.15, 0.2) is 60.7 Å². The molecular weight excluding hydrogens is 304 g/mol. The van der Waals surface area contributed by atoms with Crippen molar-refractivity contribution in [1.29, 1.82) is 0 Å². The normalized spacial score (nSPS) is 20.8. The molecule has 1 aliphatic rings. The highest BCUT2D eigenvalue weighted by atomic mass is 35.5. The molecule has 0 bridgehead atoms. The molecule has 2 aromatic carbocycles. The lowest BCUT2D eigenvalue weighted by Crippen LogP contribution is -2.27. The summed E-state index contributed by atoms with van der Waals surface area (Å²) in [7, 11) is 0. The van der Waals surface area contributed by atoms with Gasteiger partial charge in [-0.15, -0.1) is 12.4 Å². The third kappa shape index (κ3) is 4.29. The Kier molecular flexibility index (Phi) is 6.12. The molecule has 2 atom stereocenters. The van der Waals surface area contributed by atoms with E-state index in [1.807, 2.05) is 30.3 Å². The van der Waals surface area contributed by atoms with Crippen LogP contribution < -0.4 is 4.74 Å². The Morgan fingerprint density at radius 2 is 1.52 bits per heavy atom. The van der Waals surface area contributed by atoms with Gasteiger partial charge in [0.1, 0.15) is 5.75 Å². The average molecular weight is 331 g/mol. The Labute approximate surface area is 146 Å². The van der Waals surface area contributed by atoms with E-state index in [4.69, 9.17) is 4.74 Å². The van der Waals surface area contributed by atoms with Gasteiger partial charge in [-0.2, -0.15) is 0 Å². The Morgan fingerprint density at radius 3 is 2.17 bits per heavy atom. The van der Waals surface area contributed by atoms with Gasteiger partial charge in [-0.25, -0.2) is 0 Å². The van der Waals surface area contributed by atoms with Crippen LogP contribution in [0.1, 0.15) is 38.7 Å². The second-order valence-electron chi connectivity index (χ2n) is 7.09. The number of benzene rings is 2. The fraction of sp³-hybridized carbons (Fsp3) is 0.429. The smallest absolute Gasteiger partial charge is 0.119 e. The fourth-order valence-corrected chi connectivity index (χ4v) is 3.72. The molecule has 0 amide bonds. The van der Waals surface area contributed by atoms with Gasteiger partial charge in [0.05, 0.1) is 6.61 Å². The molecule has 0 spiro atoms. The molecule has 0 radical (unpaired) electrons. The molecule has 2 unspecified atom stereocenters. The summed E-state index contributed by atoms with van der Waals surface area (Å²) in [5, 5.41) is 0. The maximum atomic E-state index is 5.96. The molecule has 1 saturated carbocycles. The lowest BCUT2D eigenvalue weighted by molar-refractivity contribution is 0.236. The summed E-state index contributed by atoms with van der Waals surface area (Å²) in [6, 6.07) is 21.1. The Morgan fingerprint density at radius 1 is 0.913 bits per heavy atom. The number of halogens is 1. The SMILES string of the molecule is CC(C)(c1ccccc1)C1CCC(COc2ccccc2)C1.Cl. The van der Waals surface area contributed by atoms with Gasteiger partial charge in [-0.1, -0.05) is 62.4 Å². The van der Waals surface area contributed by atoms with Crippen LogP contribution in [0.2, 0.25) is 0 Å². The van der Waals surface area contributed by atoms with E-state index in [9.17, 15) is 0 Å². The highest BCUT2D eigenvalue weighted by molar-refractivity contribution is 5.85. The zero-order valence-electron chi connectivity index (χ0n) is 14.1. The van der Waals surface area contributed by atoms with Crippen molar-refractivity contribution in [1.82, 2.24) is 0 Å². The first-order chi connectivity index (χ1) is 10.7. The lowest BCUT2D eigenvalue weighted by Gasteiger charge is -2.32. The first-order valence-electron chi connectivity index (χ1n) is 8.39. The summed E-state index contributed by atoms with van der Waals surface area (Å²) in [5.41, 5.74) is 1.72. The van der Waals surface area contributed by atoms with Crippen LogP contribution in [0, 0.1) is 11.8 Å². The first kappa shape index (κ1) is 17.9. The van der Waals surface area contributed by atoms with Crippen molar-refractivity contribution in [2.24, 2.45) is 11.8 Å². The van der Waals surface area contributed by atoms with Gasteiger partial charge >= 0.3 is 0 Å². The van der Waals surface area contributed by atoms with Crippen molar-refractivity contribution >= 4 is 12.4 Å². The summed E-state index contributed by atoms with van der Waals surface area (Å²) in [6.07, 6.45) is 3.87. The largest absolute Gasteiger partial charge is 0.493 e. The van der Waals surface area contributed by atoms with E-state index >= 15 is 0 Å². The molecule has 2 heteroatoms. The van der Waals surface area contributed by atoms with Crippen molar-refractivity contribution in [2.75, 3.05) is 6.61 Å². The standard InChI is InChI=1S/C21H26O.ClH/c1-21(2,18-9-5-3-6-10-18)19-14-13-17(15-19)16-22-20-11-7-4-8-12-20;/h3-12,17,19H,13-16H2,1-2H3;1H. The van der Waals surface area contributed by atoms with E-state index in [0.29, 0.717) is 5.92 Å². The highest BCUT2D eigenvalue weighted by Crippen LogP contribution is 2.44. The first-order valence-corrected chi connectivity index (χ1v) is 8.39. The third-order valence-electron chi connectivity index (χ3n) is 5.31. The Hall–Kier alpha value is -1.47. The van der Waals surface area contributed by atoms with Gasteiger partial charge < -0.3 is 4.74 Å². The van der Waals surface area contributed by atoms with Gasteiger partial charge in [-0.3, -0.25) is 0 Å². The van der Waals surface area contributed by atoms with E-state index in [2.05, 4.69) is 44.2 Å². The highest BCUT2D eigenvalue weighted by Gasteiger charge is 2.37. The summed E-state index contributed by atoms with van der Waals surface area (Å²) >= 11 is 0. The molecule has 2 aromatic rings. The second kappa shape index (κ2) is 7.88. The molecule has 1 nitrogen and oxygen atoms in total. The van der Waals surface area contributed by atoms with Crippen LogP contribution in [0.4, 0.5) is 0 Å². The Bertz CT molecular complexity index is 579. The Balaban J connectivity index is 0.00000192. The van der Waals surface area contributed by atoms with Crippen LogP contribution in [0.25, 0.3) is 0 Å². The van der Waals surface area contributed by atoms with Crippen molar-refractivity contribution < 1.29 is 4.74 Å². The summed E-state index contributed by atoms with van der Waals surface area (Å²) in [6.45, 7) is 5.65. The predicted octanol–water partition coefficient (Wildman–Crippen LogP) is 5.88. The van der Waals surface area contributed by atoms with Crippen molar-refractivity contribution in [3.8, 4) is 5.75 Å². The van der Waals surface area contributed by atoms with Crippen LogP contribution >= 0.6 is 12.4 Å². The molecule has 0 heterocycles. The minimum atomic E-state index is 0. The van der Waals surface area contributed by atoms with Crippen LogP contribution in [-0.4, -0.2) is 6.61 Å². The van der Waals surface area contributed by atoms with Gasteiger partial charge in [0.25, 0.3) is 0 Å². The van der Waals surface area contributed by atoms with E-state index in [1.165, 1.54) is 24.8 Å². The lowest BCUT2D eigenvalue weighted by atomic mass is 9.72. The molecule has 0 N–H and O–H groups in total. The van der Waals surface area contributed by atoms with Gasteiger partial charge in [0.2, 0.25) is 0 Å². The predicted molar refractivity (Wildman–Crippen MR) is 99.5 cm³/mol. The summed E-state index contributed by atoms with van der Waals surface area (Å²) in [4.78, 5) is 0. The van der Waals surface area contributed by atoms with E-state index in [1.54, 1.807) is 0 Å². The van der Waals surface area contributed by atoms with E-state index < -0.39 is 0 Å². The zero-order chi connectivity index (χ0) is 15.4. The summed E-state index contributed by atoms with van der Waals surface area (Å²) in [5.74, 6) is 2.43. The molecular formula is C21H27ClO. The number of hydrogen-bond acceptors (Lipinski definition) is 1. The number of rotatable bonds is 5. The maximum absolute atomic E-state index is 5.96. The van der Waals surface area contributed by atoms with Gasteiger partial charge in [0.15, 0.2) is 0 Å². The number of hydrogen-bond donors (Lipinski definition) is 0. The van der Waals surface area contributed by atoms with Gasteiger partial charge in [-0.05, 0) is 54.2 Å². The van der Waals surface area contributed by atoms with Crippen LogP contribution in [0.3, 0.4) is 0 Å². The molecule has 124 valence electrons. The number of para-hydroxylation sites is 1. The molecule has 0 aliphatic heterocycles. The molecule has 0 saturated heterocycles.